The van der Waals surface area contributed by atoms with Crippen molar-refractivity contribution in [2.24, 2.45) is 0 Å². The maximum absolute atomic E-state index is 12.8. The molecule has 0 saturated carbocycles. The van der Waals surface area contributed by atoms with Crippen LogP contribution >= 0.6 is 0 Å². The Morgan fingerprint density at radius 1 is 1.00 bits per heavy atom. The fourth-order valence-corrected chi connectivity index (χ4v) is 4.99. The van der Waals surface area contributed by atoms with Crippen LogP contribution in [0.2, 0.25) is 0 Å². The van der Waals surface area contributed by atoms with Crippen LogP contribution < -0.4 is 10.6 Å². The van der Waals surface area contributed by atoms with Crippen molar-refractivity contribution in [2.75, 3.05) is 6.61 Å². The van der Waals surface area contributed by atoms with Gasteiger partial charge < -0.3 is 25.2 Å². The number of nitrogens with one attached hydrogen (secondary N) is 2. The first kappa shape index (κ1) is 23.8. The molecule has 2 aromatic carbocycles. The van der Waals surface area contributed by atoms with Crippen LogP contribution in [0.4, 0.5) is 4.79 Å². The molecule has 0 aromatic heterocycles. The van der Waals surface area contributed by atoms with E-state index in [0.29, 0.717) is 12.8 Å². The van der Waals surface area contributed by atoms with Gasteiger partial charge in [0.2, 0.25) is 5.91 Å². The van der Waals surface area contributed by atoms with E-state index in [4.69, 9.17) is 9.47 Å². The summed E-state index contributed by atoms with van der Waals surface area (Å²) in [6, 6.07) is 14.6. The molecule has 0 bridgehead atoms. The summed E-state index contributed by atoms with van der Waals surface area (Å²) in [5.41, 5.74) is 4.35. The quantitative estimate of drug-likeness (QED) is 0.576. The van der Waals surface area contributed by atoms with Gasteiger partial charge in [-0.05, 0) is 48.9 Å². The van der Waals surface area contributed by atoms with Gasteiger partial charge in [0.05, 0.1) is 18.6 Å². The van der Waals surface area contributed by atoms with Crippen LogP contribution in [0.15, 0.2) is 48.5 Å². The van der Waals surface area contributed by atoms with Gasteiger partial charge in [0.25, 0.3) is 0 Å². The maximum atomic E-state index is 12.8. The van der Waals surface area contributed by atoms with Gasteiger partial charge >= 0.3 is 12.1 Å². The molecule has 34 heavy (non-hydrogen) atoms. The van der Waals surface area contributed by atoms with Crippen LogP contribution in [0.1, 0.15) is 50.2 Å². The van der Waals surface area contributed by atoms with E-state index in [1.807, 2.05) is 62.4 Å². The topological polar surface area (TPSA) is 114 Å². The van der Waals surface area contributed by atoms with Crippen molar-refractivity contribution in [3.63, 3.8) is 0 Å². The molecule has 4 rings (SSSR count). The van der Waals surface area contributed by atoms with E-state index >= 15 is 0 Å². The molecule has 3 unspecified atom stereocenters. The van der Waals surface area contributed by atoms with Crippen LogP contribution in [0.5, 0.6) is 0 Å². The van der Waals surface area contributed by atoms with Gasteiger partial charge in [-0.25, -0.2) is 4.79 Å². The van der Waals surface area contributed by atoms with E-state index in [0.717, 1.165) is 22.3 Å². The van der Waals surface area contributed by atoms with Gasteiger partial charge in [0.1, 0.15) is 12.6 Å². The number of benzene rings is 2. The Bertz CT molecular complexity index is 1020. The first-order valence-corrected chi connectivity index (χ1v) is 11.6. The number of carboxylic acids is 1. The molecular formula is C26H30N2O6. The number of carboxylic acid groups (broad SMARTS) is 1. The van der Waals surface area contributed by atoms with Crippen LogP contribution in [0, 0.1) is 0 Å². The number of alkyl carbamates (subject to hydrolysis) is 1. The standard InChI is InChI=1S/C26H30N2O6/c1-15-11-17(12-16(2)34-15)27-25(31)23(13-24(29)30)28-26(32)33-14-22-20-9-5-3-7-18(20)19-8-4-6-10-21(19)22/h3-10,15-17,22-23H,11-14H2,1-2H3,(H,27,31)(H,28,32)(H,29,30). The van der Waals surface area contributed by atoms with Crippen LogP contribution in [0.25, 0.3) is 11.1 Å². The number of carbonyl (C=O) groups is 3. The van der Waals surface area contributed by atoms with Gasteiger partial charge in [-0.3, -0.25) is 9.59 Å². The Kier molecular flexibility index (Phi) is 7.17. The monoisotopic (exact) mass is 466 g/mol. The number of fused-ring (bicyclic) bond motifs is 3. The molecule has 8 heteroatoms. The minimum Gasteiger partial charge on any atom is -0.481 e. The van der Waals surface area contributed by atoms with Gasteiger partial charge in [0, 0.05) is 12.0 Å². The zero-order valence-electron chi connectivity index (χ0n) is 19.3. The van der Waals surface area contributed by atoms with Crippen molar-refractivity contribution in [3.8, 4) is 11.1 Å². The van der Waals surface area contributed by atoms with Crippen molar-refractivity contribution in [1.82, 2.24) is 10.6 Å². The third kappa shape index (κ3) is 5.39. The Labute approximate surface area is 198 Å². The van der Waals surface area contributed by atoms with E-state index in [1.54, 1.807) is 0 Å². The third-order valence-corrected chi connectivity index (χ3v) is 6.37. The fourth-order valence-electron chi connectivity index (χ4n) is 4.99. The molecule has 2 aliphatic rings. The Balaban J connectivity index is 1.39. The lowest BCUT2D eigenvalue weighted by Gasteiger charge is -2.33. The second kappa shape index (κ2) is 10.3. The van der Waals surface area contributed by atoms with Crippen molar-refractivity contribution in [3.05, 3.63) is 59.7 Å². The molecule has 1 aliphatic heterocycles. The average Bonchev–Trinajstić information content (AvgIpc) is 3.10. The molecule has 8 nitrogen and oxygen atoms in total. The Hall–Kier alpha value is -3.39. The van der Waals surface area contributed by atoms with Crippen LogP contribution in [-0.4, -0.2) is 54.0 Å². The summed E-state index contributed by atoms with van der Waals surface area (Å²) in [6.45, 7) is 3.94. The van der Waals surface area contributed by atoms with Gasteiger partial charge in [-0.2, -0.15) is 0 Å². The molecule has 0 radical (unpaired) electrons. The molecule has 1 aliphatic carbocycles. The third-order valence-electron chi connectivity index (χ3n) is 6.37. The van der Waals surface area contributed by atoms with E-state index in [2.05, 4.69) is 10.6 Å². The summed E-state index contributed by atoms with van der Waals surface area (Å²) in [7, 11) is 0. The first-order chi connectivity index (χ1) is 16.3. The van der Waals surface area contributed by atoms with E-state index in [9.17, 15) is 19.5 Å². The average molecular weight is 467 g/mol. The number of rotatable bonds is 7. The SMILES string of the molecule is CC1CC(NC(=O)C(CC(=O)O)NC(=O)OCC2c3ccccc3-c3ccccc32)CC(C)O1. The number of hydrogen-bond donors (Lipinski definition) is 3. The molecule has 2 aromatic rings. The lowest BCUT2D eigenvalue weighted by atomic mass is 9.98. The van der Waals surface area contributed by atoms with Crippen molar-refractivity contribution in [1.29, 1.82) is 0 Å². The maximum Gasteiger partial charge on any atom is 0.407 e. The van der Waals surface area contributed by atoms with Gasteiger partial charge in [-0.15, -0.1) is 0 Å². The lowest BCUT2D eigenvalue weighted by molar-refractivity contribution is -0.140. The summed E-state index contributed by atoms with van der Waals surface area (Å²) in [5.74, 6) is -1.86. The molecule has 2 amide bonds. The molecule has 0 spiro atoms. The summed E-state index contributed by atoms with van der Waals surface area (Å²) in [6.07, 6.45) is -0.132. The minimum absolute atomic E-state index is 0.0120. The zero-order valence-corrected chi connectivity index (χ0v) is 19.3. The Morgan fingerprint density at radius 3 is 2.12 bits per heavy atom. The number of ether oxygens (including phenoxy) is 2. The highest BCUT2D eigenvalue weighted by Crippen LogP contribution is 2.44. The van der Waals surface area contributed by atoms with Crippen LogP contribution in [-0.2, 0) is 19.1 Å². The highest BCUT2D eigenvalue weighted by molar-refractivity contribution is 5.89. The summed E-state index contributed by atoms with van der Waals surface area (Å²) >= 11 is 0. The normalized spacial score (nSPS) is 22.2. The summed E-state index contributed by atoms with van der Waals surface area (Å²) in [5, 5.41) is 14.6. The predicted molar refractivity (Wildman–Crippen MR) is 125 cm³/mol. The van der Waals surface area contributed by atoms with Gasteiger partial charge in [-0.1, -0.05) is 48.5 Å². The molecule has 1 heterocycles. The summed E-state index contributed by atoms with van der Waals surface area (Å²) < 4.78 is 11.2. The Morgan fingerprint density at radius 2 is 1.56 bits per heavy atom. The largest absolute Gasteiger partial charge is 0.481 e. The molecule has 3 atom stereocenters. The first-order valence-electron chi connectivity index (χ1n) is 11.6. The molecule has 1 fully saturated rings. The fraction of sp³-hybridized carbons (Fsp3) is 0.423. The van der Waals surface area contributed by atoms with Crippen molar-refractivity contribution >= 4 is 18.0 Å². The highest BCUT2D eigenvalue weighted by Gasteiger charge is 2.32. The van der Waals surface area contributed by atoms with Crippen molar-refractivity contribution < 1.29 is 29.0 Å². The molecule has 1 saturated heterocycles. The molecule has 180 valence electrons. The zero-order chi connectivity index (χ0) is 24.2. The highest BCUT2D eigenvalue weighted by atomic mass is 16.5. The number of carbonyl (C=O) groups excluding carboxylic acids is 2. The van der Waals surface area contributed by atoms with E-state index < -0.39 is 30.4 Å². The van der Waals surface area contributed by atoms with Crippen LogP contribution in [0.3, 0.4) is 0 Å². The lowest BCUT2D eigenvalue weighted by Crippen LogP contribution is -2.53. The molecule has 3 N–H and O–H groups in total. The van der Waals surface area contributed by atoms with E-state index in [1.165, 1.54) is 0 Å². The smallest absolute Gasteiger partial charge is 0.407 e. The second-order valence-electron chi connectivity index (χ2n) is 9.05. The number of amides is 2. The van der Waals surface area contributed by atoms with E-state index in [-0.39, 0.29) is 30.8 Å². The van der Waals surface area contributed by atoms with Gasteiger partial charge in [0.15, 0.2) is 0 Å². The van der Waals surface area contributed by atoms with Crippen molar-refractivity contribution in [2.45, 2.75) is 63.3 Å². The number of hydrogen-bond acceptors (Lipinski definition) is 5. The predicted octanol–water partition coefficient (Wildman–Crippen LogP) is 3.44. The number of aliphatic carboxylic acids is 1. The molecular weight excluding hydrogens is 436 g/mol. The minimum atomic E-state index is -1.23. The summed E-state index contributed by atoms with van der Waals surface area (Å²) in [4.78, 5) is 36.7. The second-order valence-corrected chi connectivity index (χ2v) is 9.05.